The zero-order valence-electron chi connectivity index (χ0n) is 6.71. The predicted molar refractivity (Wildman–Crippen MR) is 41.3 cm³/mol. The lowest BCUT2D eigenvalue weighted by atomic mass is 9.85. The monoisotopic (exact) mass is 157 g/mol. The minimum atomic E-state index is 0.289. The fraction of sp³-hybridized carbons (Fsp3) is 1.00. The summed E-state index contributed by atoms with van der Waals surface area (Å²) >= 11 is 0. The molecular weight excluding hydrogens is 142 g/mol. The van der Waals surface area contributed by atoms with Gasteiger partial charge in [-0.2, -0.15) is 0 Å². The summed E-state index contributed by atoms with van der Waals surface area (Å²) in [5.74, 6) is 0. The second-order valence-electron chi connectivity index (χ2n) is 3.68. The van der Waals surface area contributed by atoms with Gasteiger partial charge in [-0.05, 0) is 12.8 Å². The minimum Gasteiger partial charge on any atom is -0.381 e. The van der Waals surface area contributed by atoms with E-state index in [1.807, 2.05) is 0 Å². The molecule has 2 fully saturated rings. The molecule has 3 heteroatoms. The van der Waals surface area contributed by atoms with Crippen LogP contribution in [0.1, 0.15) is 12.8 Å². The third-order valence-electron chi connectivity index (χ3n) is 2.73. The first kappa shape index (κ1) is 7.53. The summed E-state index contributed by atoms with van der Waals surface area (Å²) in [6.45, 7) is 3.29. The quantitative estimate of drug-likeness (QED) is 0.589. The van der Waals surface area contributed by atoms with Gasteiger partial charge in [0.1, 0.15) is 0 Å². The Kier molecular flexibility index (Phi) is 1.87. The molecule has 0 saturated carbocycles. The number of nitrogens with two attached hydrogens (primary N) is 1. The first-order valence-electron chi connectivity index (χ1n) is 4.24. The Hall–Kier alpha value is -0.120. The van der Waals surface area contributed by atoms with Crippen LogP contribution in [0.25, 0.3) is 0 Å². The fourth-order valence-electron chi connectivity index (χ4n) is 1.97. The van der Waals surface area contributed by atoms with Crippen molar-refractivity contribution in [2.45, 2.75) is 18.9 Å². The van der Waals surface area contributed by atoms with Gasteiger partial charge in [0.25, 0.3) is 0 Å². The molecule has 3 nitrogen and oxygen atoms in total. The zero-order chi connectivity index (χ0) is 7.73. The van der Waals surface area contributed by atoms with Gasteiger partial charge in [-0.25, -0.2) is 0 Å². The average molecular weight is 157 g/mol. The van der Waals surface area contributed by atoms with Crippen molar-refractivity contribution in [3.05, 3.63) is 0 Å². The normalized spacial score (nSPS) is 43.9. The molecule has 0 unspecified atom stereocenters. The van der Waals surface area contributed by atoms with E-state index < -0.39 is 0 Å². The second kappa shape index (κ2) is 2.73. The molecule has 11 heavy (non-hydrogen) atoms. The van der Waals surface area contributed by atoms with Gasteiger partial charge >= 0.3 is 0 Å². The second-order valence-corrected chi connectivity index (χ2v) is 3.68. The predicted octanol–water partition coefficient (Wildman–Crippen LogP) is 0.141. The number of hydrogen-bond donors (Lipinski definition) is 1. The third-order valence-corrected chi connectivity index (χ3v) is 2.73. The van der Waals surface area contributed by atoms with Crippen molar-refractivity contribution in [1.82, 2.24) is 0 Å². The Bertz CT molecular complexity index is 143. The van der Waals surface area contributed by atoms with Crippen LogP contribution in [0.2, 0.25) is 0 Å². The standard InChI is InChI=1S/C8H15NO2/c9-4-7-3-8(6-11-7)1-2-10-5-8/h7H,1-6,9H2/t7-,8-/m1/s1. The summed E-state index contributed by atoms with van der Waals surface area (Å²) < 4.78 is 10.9. The van der Waals surface area contributed by atoms with Gasteiger partial charge in [-0.15, -0.1) is 0 Å². The molecule has 64 valence electrons. The number of rotatable bonds is 1. The molecule has 2 rings (SSSR count). The van der Waals surface area contributed by atoms with E-state index >= 15 is 0 Å². The highest BCUT2D eigenvalue weighted by Gasteiger charge is 2.42. The molecule has 0 radical (unpaired) electrons. The van der Waals surface area contributed by atoms with E-state index in [-0.39, 0.29) is 6.10 Å². The van der Waals surface area contributed by atoms with Crippen molar-refractivity contribution in [2.75, 3.05) is 26.4 Å². The van der Waals surface area contributed by atoms with Crippen LogP contribution in [0.5, 0.6) is 0 Å². The minimum absolute atomic E-state index is 0.289. The summed E-state index contributed by atoms with van der Waals surface area (Å²) in [5, 5.41) is 0. The molecule has 0 aromatic heterocycles. The van der Waals surface area contributed by atoms with Crippen LogP contribution in [-0.4, -0.2) is 32.5 Å². The molecule has 1 spiro atoms. The maximum Gasteiger partial charge on any atom is 0.0704 e. The highest BCUT2D eigenvalue weighted by Crippen LogP contribution is 2.39. The SMILES string of the molecule is NC[C@H]1C[C@@]2(CCOC2)CO1. The van der Waals surface area contributed by atoms with Gasteiger partial charge in [0.2, 0.25) is 0 Å². The Balaban J connectivity index is 1.96. The first-order valence-corrected chi connectivity index (χ1v) is 4.24. The number of ether oxygens (including phenoxy) is 2. The molecule has 2 aliphatic rings. The molecule has 2 heterocycles. The fourth-order valence-corrected chi connectivity index (χ4v) is 1.97. The largest absolute Gasteiger partial charge is 0.381 e. The molecule has 0 aromatic rings. The molecule has 0 bridgehead atoms. The molecule has 2 aliphatic heterocycles. The van der Waals surface area contributed by atoms with Crippen LogP contribution in [-0.2, 0) is 9.47 Å². The van der Waals surface area contributed by atoms with Crippen molar-refractivity contribution in [3.8, 4) is 0 Å². The summed E-state index contributed by atoms with van der Waals surface area (Å²) in [6.07, 6.45) is 2.55. The lowest BCUT2D eigenvalue weighted by Crippen LogP contribution is -2.23. The van der Waals surface area contributed by atoms with E-state index in [2.05, 4.69) is 0 Å². The molecule has 0 aromatic carbocycles. The smallest absolute Gasteiger partial charge is 0.0704 e. The van der Waals surface area contributed by atoms with Gasteiger partial charge in [-0.3, -0.25) is 0 Å². The third kappa shape index (κ3) is 1.28. The topological polar surface area (TPSA) is 44.5 Å². The summed E-state index contributed by atoms with van der Waals surface area (Å²) in [5.41, 5.74) is 5.86. The molecule has 0 aliphatic carbocycles. The Morgan fingerprint density at radius 3 is 2.91 bits per heavy atom. The van der Waals surface area contributed by atoms with Crippen LogP contribution < -0.4 is 5.73 Å². The van der Waals surface area contributed by atoms with Crippen molar-refractivity contribution >= 4 is 0 Å². The van der Waals surface area contributed by atoms with E-state index in [4.69, 9.17) is 15.2 Å². The molecule has 2 N–H and O–H groups in total. The maximum atomic E-state index is 5.53. The highest BCUT2D eigenvalue weighted by atomic mass is 16.5. The van der Waals surface area contributed by atoms with Crippen LogP contribution in [0.15, 0.2) is 0 Å². The van der Waals surface area contributed by atoms with E-state index in [1.54, 1.807) is 0 Å². The Labute approximate surface area is 66.8 Å². The van der Waals surface area contributed by atoms with Gasteiger partial charge < -0.3 is 15.2 Å². The highest BCUT2D eigenvalue weighted by molar-refractivity contribution is 4.90. The molecule has 2 saturated heterocycles. The van der Waals surface area contributed by atoms with Crippen molar-refractivity contribution < 1.29 is 9.47 Å². The van der Waals surface area contributed by atoms with Crippen LogP contribution >= 0.6 is 0 Å². The summed E-state index contributed by atoms with van der Waals surface area (Å²) in [7, 11) is 0. The maximum absolute atomic E-state index is 5.53. The van der Waals surface area contributed by atoms with Gasteiger partial charge in [0.15, 0.2) is 0 Å². The lowest BCUT2D eigenvalue weighted by Gasteiger charge is -2.17. The first-order chi connectivity index (χ1) is 5.35. The van der Waals surface area contributed by atoms with Crippen molar-refractivity contribution in [1.29, 1.82) is 0 Å². The average Bonchev–Trinajstić information content (AvgIpc) is 2.62. The summed E-state index contributed by atoms with van der Waals surface area (Å²) in [4.78, 5) is 0. The van der Waals surface area contributed by atoms with Gasteiger partial charge in [0.05, 0.1) is 19.3 Å². The van der Waals surface area contributed by atoms with Crippen LogP contribution in [0.3, 0.4) is 0 Å². The van der Waals surface area contributed by atoms with Crippen molar-refractivity contribution in [2.24, 2.45) is 11.1 Å². The molecular formula is C8H15NO2. The van der Waals surface area contributed by atoms with Gasteiger partial charge in [0, 0.05) is 18.6 Å². The molecule has 0 amide bonds. The summed E-state index contributed by atoms with van der Waals surface area (Å²) in [6, 6.07) is 0. The van der Waals surface area contributed by atoms with E-state index in [1.165, 1.54) is 0 Å². The lowest BCUT2D eigenvalue weighted by molar-refractivity contribution is 0.0920. The number of hydrogen-bond acceptors (Lipinski definition) is 3. The van der Waals surface area contributed by atoms with Gasteiger partial charge in [-0.1, -0.05) is 0 Å². The Morgan fingerprint density at radius 1 is 1.45 bits per heavy atom. The van der Waals surface area contributed by atoms with E-state index in [0.717, 1.165) is 32.7 Å². The van der Waals surface area contributed by atoms with E-state index in [0.29, 0.717) is 12.0 Å². The molecule has 2 atom stereocenters. The Morgan fingerprint density at radius 2 is 2.36 bits per heavy atom. The van der Waals surface area contributed by atoms with Crippen molar-refractivity contribution in [3.63, 3.8) is 0 Å². The van der Waals surface area contributed by atoms with E-state index in [9.17, 15) is 0 Å². The van der Waals surface area contributed by atoms with Crippen LogP contribution in [0.4, 0.5) is 0 Å². The zero-order valence-corrected chi connectivity index (χ0v) is 6.71. The van der Waals surface area contributed by atoms with Crippen LogP contribution in [0, 0.1) is 5.41 Å².